The number of piperazine rings is 1. The van der Waals surface area contributed by atoms with Gasteiger partial charge in [-0.2, -0.15) is 15.2 Å². The Hall–Kier alpha value is -2.64. The number of likely N-dealkylation sites (tertiary alicyclic amines) is 1. The Morgan fingerprint density at radius 3 is 2.93 bits per heavy atom. The molecule has 4 rings (SSSR count). The maximum Gasteiger partial charge on any atom is 0.407 e. The van der Waals surface area contributed by atoms with Crippen LogP contribution in [0.3, 0.4) is 0 Å². The number of nitriles is 1. The molecule has 0 aliphatic carbocycles. The standard InChI is InChI=1S/C20H29N7O3/c1-25-8-2-3-15(25)13-30-19-23-17-11-22-7-5-16(17)18(24-19)26-9-10-27(20(28)29)14(12-26)4-6-21/h14-15,22H,2-5,7-13H2,1H3,(H,28,29)/t14-,15+/m0/s1. The zero-order valence-electron chi connectivity index (χ0n) is 17.4. The van der Waals surface area contributed by atoms with Crippen molar-refractivity contribution >= 4 is 11.9 Å². The van der Waals surface area contributed by atoms with E-state index in [2.05, 4.69) is 33.2 Å². The van der Waals surface area contributed by atoms with Crippen molar-refractivity contribution in [1.29, 1.82) is 5.26 Å². The van der Waals surface area contributed by atoms with E-state index in [4.69, 9.17) is 15.0 Å². The van der Waals surface area contributed by atoms with Crippen molar-refractivity contribution in [2.24, 2.45) is 0 Å². The molecule has 10 heteroatoms. The maximum absolute atomic E-state index is 11.5. The summed E-state index contributed by atoms with van der Waals surface area (Å²) in [5.74, 6) is 0.823. The SMILES string of the molecule is CN1CCC[C@@H]1COc1nc2c(c(N3CCN(C(=O)O)[C@@H](CC#N)C3)n1)CCNC2. The number of anilines is 1. The van der Waals surface area contributed by atoms with Crippen LogP contribution in [0.25, 0.3) is 0 Å². The summed E-state index contributed by atoms with van der Waals surface area (Å²) in [4.78, 5) is 26.7. The summed E-state index contributed by atoms with van der Waals surface area (Å²) < 4.78 is 6.02. The molecule has 1 amide bonds. The molecule has 2 atom stereocenters. The number of hydrogen-bond donors (Lipinski definition) is 2. The van der Waals surface area contributed by atoms with Crippen LogP contribution in [0.15, 0.2) is 0 Å². The fraction of sp³-hybridized carbons (Fsp3) is 0.700. The molecule has 0 bridgehead atoms. The highest BCUT2D eigenvalue weighted by Crippen LogP contribution is 2.29. The van der Waals surface area contributed by atoms with Gasteiger partial charge in [-0.25, -0.2) is 4.79 Å². The van der Waals surface area contributed by atoms with Gasteiger partial charge in [-0.05, 0) is 39.4 Å². The largest absolute Gasteiger partial charge is 0.465 e. The molecule has 1 aromatic rings. The predicted octanol–water partition coefficient (Wildman–Crippen LogP) is 0.678. The first-order valence-corrected chi connectivity index (χ1v) is 10.6. The van der Waals surface area contributed by atoms with E-state index in [0.29, 0.717) is 44.8 Å². The minimum absolute atomic E-state index is 0.162. The van der Waals surface area contributed by atoms with Gasteiger partial charge in [-0.3, -0.25) is 0 Å². The Bertz CT molecular complexity index is 827. The Morgan fingerprint density at radius 1 is 1.33 bits per heavy atom. The number of fused-ring (bicyclic) bond motifs is 1. The van der Waals surface area contributed by atoms with Gasteiger partial charge in [0.15, 0.2) is 0 Å². The normalized spacial score (nSPS) is 24.4. The molecule has 2 N–H and O–H groups in total. The number of likely N-dealkylation sites (N-methyl/N-ethyl adjacent to an activating group) is 1. The summed E-state index contributed by atoms with van der Waals surface area (Å²) in [5, 5.41) is 22.0. The highest BCUT2D eigenvalue weighted by atomic mass is 16.5. The lowest BCUT2D eigenvalue weighted by Gasteiger charge is -2.40. The molecule has 30 heavy (non-hydrogen) atoms. The van der Waals surface area contributed by atoms with Crippen molar-refractivity contribution in [2.75, 3.05) is 51.3 Å². The molecule has 0 aromatic carbocycles. The van der Waals surface area contributed by atoms with Gasteiger partial charge in [0, 0.05) is 37.8 Å². The quantitative estimate of drug-likeness (QED) is 0.715. The van der Waals surface area contributed by atoms with Crippen molar-refractivity contribution in [3.8, 4) is 12.1 Å². The van der Waals surface area contributed by atoms with Gasteiger partial charge in [0.1, 0.15) is 12.4 Å². The molecule has 10 nitrogen and oxygen atoms in total. The molecule has 0 spiro atoms. The van der Waals surface area contributed by atoms with E-state index in [1.54, 1.807) is 0 Å². The van der Waals surface area contributed by atoms with Gasteiger partial charge in [-0.1, -0.05) is 0 Å². The van der Waals surface area contributed by atoms with Crippen molar-refractivity contribution in [3.05, 3.63) is 11.3 Å². The zero-order chi connectivity index (χ0) is 21.1. The maximum atomic E-state index is 11.5. The van der Waals surface area contributed by atoms with Crippen molar-refractivity contribution in [2.45, 2.75) is 44.3 Å². The van der Waals surface area contributed by atoms with E-state index >= 15 is 0 Å². The average Bonchev–Trinajstić information content (AvgIpc) is 3.16. The Labute approximate surface area is 176 Å². The highest BCUT2D eigenvalue weighted by Gasteiger charge is 2.33. The number of hydrogen-bond acceptors (Lipinski definition) is 8. The van der Waals surface area contributed by atoms with Crippen LogP contribution in [0.2, 0.25) is 0 Å². The average molecular weight is 415 g/mol. The number of ether oxygens (including phenoxy) is 1. The van der Waals surface area contributed by atoms with Crippen LogP contribution >= 0.6 is 0 Å². The number of carboxylic acid groups (broad SMARTS) is 1. The van der Waals surface area contributed by atoms with Crippen molar-refractivity contribution < 1.29 is 14.6 Å². The van der Waals surface area contributed by atoms with Gasteiger partial charge in [0.05, 0.1) is 24.2 Å². The number of aromatic nitrogens is 2. The van der Waals surface area contributed by atoms with E-state index in [-0.39, 0.29) is 12.5 Å². The number of rotatable bonds is 5. The van der Waals surface area contributed by atoms with Gasteiger partial charge in [0.2, 0.25) is 0 Å². The highest BCUT2D eigenvalue weighted by molar-refractivity contribution is 5.66. The van der Waals surface area contributed by atoms with E-state index in [9.17, 15) is 9.90 Å². The molecule has 0 radical (unpaired) electrons. The lowest BCUT2D eigenvalue weighted by atomic mass is 10.0. The zero-order valence-corrected chi connectivity index (χ0v) is 17.4. The molecule has 1 aromatic heterocycles. The monoisotopic (exact) mass is 415 g/mol. The lowest BCUT2D eigenvalue weighted by molar-refractivity contribution is 0.119. The van der Waals surface area contributed by atoms with E-state index in [0.717, 1.165) is 43.0 Å². The summed E-state index contributed by atoms with van der Waals surface area (Å²) in [6, 6.07) is 2.51. The fourth-order valence-electron chi connectivity index (χ4n) is 4.58. The summed E-state index contributed by atoms with van der Waals surface area (Å²) in [6.45, 7) is 4.50. The van der Waals surface area contributed by atoms with Crippen LogP contribution in [-0.4, -0.2) is 89.4 Å². The van der Waals surface area contributed by atoms with Gasteiger partial charge in [-0.15, -0.1) is 0 Å². The van der Waals surface area contributed by atoms with E-state index in [1.165, 1.54) is 11.3 Å². The Morgan fingerprint density at radius 2 is 2.20 bits per heavy atom. The third-order valence-corrected chi connectivity index (χ3v) is 6.33. The predicted molar refractivity (Wildman–Crippen MR) is 110 cm³/mol. The van der Waals surface area contributed by atoms with Crippen LogP contribution in [0.4, 0.5) is 10.6 Å². The molecule has 4 heterocycles. The molecular formula is C20H29N7O3. The molecular weight excluding hydrogens is 386 g/mol. The van der Waals surface area contributed by atoms with Crippen LogP contribution in [-0.2, 0) is 13.0 Å². The minimum atomic E-state index is -0.978. The number of carbonyl (C=O) groups is 1. The van der Waals surface area contributed by atoms with Crippen LogP contribution in [0.1, 0.15) is 30.5 Å². The Kier molecular flexibility index (Phi) is 6.20. The van der Waals surface area contributed by atoms with Crippen LogP contribution < -0.4 is 15.0 Å². The lowest BCUT2D eigenvalue weighted by Crippen LogP contribution is -2.55. The smallest absolute Gasteiger partial charge is 0.407 e. The summed E-state index contributed by atoms with van der Waals surface area (Å²) in [6.07, 6.45) is 2.29. The second kappa shape index (κ2) is 9.02. The topological polar surface area (TPSA) is 118 Å². The molecule has 3 aliphatic rings. The Balaban J connectivity index is 1.56. The number of nitrogens with one attached hydrogen (secondary N) is 1. The van der Waals surface area contributed by atoms with E-state index < -0.39 is 6.09 Å². The second-order valence-electron chi connectivity index (χ2n) is 8.21. The van der Waals surface area contributed by atoms with Gasteiger partial charge < -0.3 is 29.9 Å². The second-order valence-corrected chi connectivity index (χ2v) is 8.21. The fourth-order valence-corrected chi connectivity index (χ4v) is 4.58. The van der Waals surface area contributed by atoms with Gasteiger partial charge in [0.25, 0.3) is 0 Å². The van der Waals surface area contributed by atoms with Crippen LogP contribution in [0.5, 0.6) is 6.01 Å². The molecule has 2 saturated heterocycles. The summed E-state index contributed by atoms with van der Waals surface area (Å²) >= 11 is 0. The summed E-state index contributed by atoms with van der Waals surface area (Å²) in [7, 11) is 2.11. The first kappa shape index (κ1) is 20.6. The molecule has 0 saturated carbocycles. The first-order valence-electron chi connectivity index (χ1n) is 10.6. The molecule has 0 unspecified atom stereocenters. The molecule has 3 aliphatic heterocycles. The third-order valence-electron chi connectivity index (χ3n) is 6.33. The minimum Gasteiger partial charge on any atom is -0.465 e. The van der Waals surface area contributed by atoms with E-state index in [1.807, 2.05) is 0 Å². The van der Waals surface area contributed by atoms with Crippen molar-refractivity contribution in [1.82, 2.24) is 25.1 Å². The van der Waals surface area contributed by atoms with Crippen LogP contribution in [0, 0.1) is 11.3 Å². The number of amides is 1. The first-order chi connectivity index (χ1) is 14.6. The van der Waals surface area contributed by atoms with Gasteiger partial charge >= 0.3 is 12.1 Å². The number of nitrogens with zero attached hydrogens (tertiary/aromatic N) is 6. The molecule has 2 fully saturated rings. The third kappa shape index (κ3) is 4.27. The molecule has 162 valence electrons. The van der Waals surface area contributed by atoms with Crippen molar-refractivity contribution in [3.63, 3.8) is 0 Å². The summed E-state index contributed by atoms with van der Waals surface area (Å²) in [5.41, 5.74) is 2.04.